The Labute approximate surface area is 145 Å². The average molecular weight is 341 g/mol. The highest BCUT2D eigenvalue weighted by molar-refractivity contribution is 6.32. The van der Waals surface area contributed by atoms with Crippen LogP contribution in [0.5, 0.6) is 0 Å². The summed E-state index contributed by atoms with van der Waals surface area (Å²) >= 11 is 6.17. The molecule has 0 spiro atoms. The number of aromatic carboxylic acids is 1. The number of nitrogens with one attached hydrogen (secondary N) is 1. The van der Waals surface area contributed by atoms with Crippen LogP contribution in [0.3, 0.4) is 0 Å². The SMILES string of the molecule is CCc1ccccc1Nc1c(C(=O)O)cnc2c(C)c(Cl)ccc12. The fraction of sp³-hybridized carbons (Fsp3) is 0.158. The average Bonchev–Trinajstić information content (AvgIpc) is 2.58. The van der Waals surface area contributed by atoms with Crippen LogP contribution in [0.15, 0.2) is 42.6 Å². The number of hydrogen-bond acceptors (Lipinski definition) is 3. The van der Waals surface area contributed by atoms with Crippen LogP contribution in [-0.4, -0.2) is 16.1 Å². The van der Waals surface area contributed by atoms with Crippen LogP contribution in [0, 0.1) is 6.92 Å². The molecule has 4 nitrogen and oxygen atoms in total. The van der Waals surface area contributed by atoms with Gasteiger partial charge in [-0.25, -0.2) is 4.79 Å². The third-order valence-corrected chi connectivity index (χ3v) is 4.52. The zero-order chi connectivity index (χ0) is 17.3. The predicted octanol–water partition coefficient (Wildman–Crippen LogP) is 5.20. The maximum absolute atomic E-state index is 11.7. The molecule has 24 heavy (non-hydrogen) atoms. The highest BCUT2D eigenvalue weighted by Crippen LogP contribution is 2.34. The lowest BCUT2D eigenvalue weighted by Gasteiger charge is -2.16. The first-order valence-electron chi connectivity index (χ1n) is 7.69. The molecule has 0 fully saturated rings. The maximum atomic E-state index is 11.7. The lowest BCUT2D eigenvalue weighted by atomic mass is 10.0. The summed E-state index contributed by atoms with van der Waals surface area (Å²) in [6.07, 6.45) is 2.23. The molecule has 0 saturated carbocycles. The molecular formula is C19H17ClN2O2. The Morgan fingerprint density at radius 2 is 2.00 bits per heavy atom. The number of nitrogens with zero attached hydrogens (tertiary/aromatic N) is 1. The summed E-state index contributed by atoms with van der Waals surface area (Å²) < 4.78 is 0. The van der Waals surface area contributed by atoms with Crippen LogP contribution in [-0.2, 0) is 6.42 Å². The second-order valence-corrected chi connectivity index (χ2v) is 5.96. The molecule has 1 aromatic heterocycles. The second kappa shape index (κ2) is 6.49. The van der Waals surface area contributed by atoms with Gasteiger partial charge in [0.25, 0.3) is 0 Å². The second-order valence-electron chi connectivity index (χ2n) is 5.56. The van der Waals surface area contributed by atoms with Crippen LogP contribution in [0.2, 0.25) is 5.02 Å². The van der Waals surface area contributed by atoms with Crippen LogP contribution in [0.4, 0.5) is 11.4 Å². The normalized spacial score (nSPS) is 10.8. The number of aryl methyl sites for hydroxylation is 2. The molecule has 0 aliphatic carbocycles. The van der Waals surface area contributed by atoms with Gasteiger partial charge in [0, 0.05) is 22.3 Å². The number of anilines is 2. The fourth-order valence-electron chi connectivity index (χ4n) is 2.76. The molecule has 0 amide bonds. The van der Waals surface area contributed by atoms with Crippen molar-refractivity contribution in [1.82, 2.24) is 4.98 Å². The zero-order valence-corrected chi connectivity index (χ0v) is 14.2. The Bertz CT molecular complexity index is 938. The van der Waals surface area contributed by atoms with Crippen molar-refractivity contribution < 1.29 is 9.90 Å². The molecular weight excluding hydrogens is 324 g/mol. The summed E-state index contributed by atoms with van der Waals surface area (Å²) in [5.74, 6) is -1.02. The van der Waals surface area contributed by atoms with E-state index in [-0.39, 0.29) is 5.56 Å². The molecule has 0 unspecified atom stereocenters. The molecule has 122 valence electrons. The molecule has 5 heteroatoms. The summed E-state index contributed by atoms with van der Waals surface area (Å²) in [4.78, 5) is 16.0. The van der Waals surface area contributed by atoms with Gasteiger partial charge in [0.1, 0.15) is 5.56 Å². The van der Waals surface area contributed by atoms with E-state index in [1.54, 1.807) is 12.1 Å². The van der Waals surface area contributed by atoms with Crippen molar-refractivity contribution in [2.45, 2.75) is 20.3 Å². The fourth-order valence-corrected chi connectivity index (χ4v) is 2.92. The Morgan fingerprint density at radius 3 is 2.71 bits per heavy atom. The highest BCUT2D eigenvalue weighted by atomic mass is 35.5. The van der Waals surface area contributed by atoms with Gasteiger partial charge in [0.15, 0.2) is 0 Å². The van der Waals surface area contributed by atoms with Crippen molar-refractivity contribution in [2.24, 2.45) is 0 Å². The van der Waals surface area contributed by atoms with Gasteiger partial charge >= 0.3 is 5.97 Å². The number of carbonyl (C=O) groups is 1. The number of halogens is 1. The van der Waals surface area contributed by atoms with Gasteiger partial charge < -0.3 is 10.4 Å². The number of carboxylic acid groups (broad SMARTS) is 1. The molecule has 3 rings (SSSR count). The van der Waals surface area contributed by atoms with Gasteiger partial charge in [-0.15, -0.1) is 0 Å². The van der Waals surface area contributed by atoms with Gasteiger partial charge in [-0.3, -0.25) is 4.98 Å². The first-order chi connectivity index (χ1) is 11.5. The predicted molar refractivity (Wildman–Crippen MR) is 97.6 cm³/mol. The summed E-state index contributed by atoms with van der Waals surface area (Å²) in [5, 5.41) is 14.2. The Balaban J connectivity index is 2.26. The number of pyridine rings is 1. The lowest BCUT2D eigenvalue weighted by Crippen LogP contribution is -2.06. The van der Waals surface area contributed by atoms with Gasteiger partial charge in [-0.05, 0) is 42.7 Å². The Kier molecular flexibility index (Phi) is 4.40. The summed E-state index contributed by atoms with van der Waals surface area (Å²) in [5.41, 5.74) is 4.21. The lowest BCUT2D eigenvalue weighted by molar-refractivity contribution is 0.0697. The molecule has 1 heterocycles. The molecule has 2 N–H and O–H groups in total. The molecule has 2 aromatic carbocycles. The molecule has 0 aliphatic rings. The largest absolute Gasteiger partial charge is 0.478 e. The van der Waals surface area contributed by atoms with Crippen molar-refractivity contribution in [2.75, 3.05) is 5.32 Å². The first kappa shape index (κ1) is 16.3. The van der Waals surface area contributed by atoms with E-state index in [9.17, 15) is 9.90 Å². The van der Waals surface area contributed by atoms with Gasteiger partial charge in [-0.2, -0.15) is 0 Å². The Morgan fingerprint density at radius 1 is 1.25 bits per heavy atom. The molecule has 0 bridgehead atoms. The molecule has 3 aromatic rings. The van der Waals surface area contributed by atoms with Crippen LogP contribution in [0.25, 0.3) is 10.9 Å². The van der Waals surface area contributed by atoms with Gasteiger partial charge in [0.2, 0.25) is 0 Å². The summed E-state index contributed by atoms with van der Waals surface area (Å²) in [7, 11) is 0. The number of fused-ring (bicyclic) bond motifs is 1. The third-order valence-electron chi connectivity index (χ3n) is 4.11. The van der Waals surface area contributed by atoms with Crippen LogP contribution < -0.4 is 5.32 Å². The monoisotopic (exact) mass is 340 g/mol. The van der Waals surface area contributed by atoms with Crippen molar-refractivity contribution in [1.29, 1.82) is 0 Å². The van der Waals surface area contributed by atoms with E-state index in [0.717, 1.165) is 28.6 Å². The first-order valence-corrected chi connectivity index (χ1v) is 8.06. The molecule has 0 saturated heterocycles. The number of carboxylic acids is 1. The van der Waals surface area contributed by atoms with E-state index >= 15 is 0 Å². The quantitative estimate of drug-likeness (QED) is 0.685. The number of rotatable bonds is 4. The number of para-hydroxylation sites is 1. The minimum Gasteiger partial charge on any atom is -0.478 e. The van der Waals surface area contributed by atoms with E-state index < -0.39 is 5.97 Å². The number of aromatic nitrogens is 1. The van der Waals surface area contributed by atoms with Crippen molar-refractivity contribution in [3.63, 3.8) is 0 Å². The minimum atomic E-state index is -1.02. The molecule has 0 atom stereocenters. The van der Waals surface area contributed by atoms with Gasteiger partial charge in [0.05, 0.1) is 11.2 Å². The Hall–Kier alpha value is -2.59. The van der Waals surface area contributed by atoms with E-state index in [1.165, 1.54) is 6.20 Å². The molecule has 0 aliphatic heterocycles. The zero-order valence-electron chi connectivity index (χ0n) is 13.4. The van der Waals surface area contributed by atoms with E-state index in [0.29, 0.717) is 16.2 Å². The number of hydrogen-bond donors (Lipinski definition) is 2. The van der Waals surface area contributed by atoms with Gasteiger partial charge in [-0.1, -0.05) is 36.7 Å². The smallest absolute Gasteiger partial charge is 0.339 e. The number of benzene rings is 2. The summed E-state index contributed by atoms with van der Waals surface area (Å²) in [6, 6.07) is 11.4. The van der Waals surface area contributed by atoms with E-state index in [4.69, 9.17) is 11.6 Å². The topological polar surface area (TPSA) is 62.2 Å². The highest BCUT2D eigenvalue weighted by Gasteiger charge is 2.17. The van der Waals surface area contributed by atoms with Crippen molar-refractivity contribution >= 4 is 39.8 Å². The summed E-state index contributed by atoms with van der Waals surface area (Å²) in [6.45, 7) is 3.94. The van der Waals surface area contributed by atoms with Crippen LogP contribution >= 0.6 is 11.6 Å². The maximum Gasteiger partial charge on any atom is 0.339 e. The molecule has 0 radical (unpaired) electrons. The third kappa shape index (κ3) is 2.81. The van der Waals surface area contributed by atoms with E-state index in [2.05, 4.69) is 17.2 Å². The van der Waals surface area contributed by atoms with Crippen LogP contribution in [0.1, 0.15) is 28.4 Å². The van der Waals surface area contributed by atoms with Crippen molar-refractivity contribution in [3.05, 3.63) is 64.3 Å². The minimum absolute atomic E-state index is 0.134. The van der Waals surface area contributed by atoms with Crippen molar-refractivity contribution in [3.8, 4) is 0 Å². The van der Waals surface area contributed by atoms with E-state index in [1.807, 2.05) is 31.2 Å². The standard InChI is InChI=1S/C19H17ClN2O2/c1-3-12-6-4-5-7-16(12)22-18-13-8-9-15(20)11(2)17(13)21-10-14(18)19(23)24/h4-10H,3H2,1-2H3,(H,21,22)(H,23,24).